The summed E-state index contributed by atoms with van der Waals surface area (Å²) in [5.41, 5.74) is 0.777. The zero-order valence-electron chi connectivity index (χ0n) is 15.4. The molecule has 0 radical (unpaired) electrons. The van der Waals surface area contributed by atoms with Crippen molar-refractivity contribution in [3.05, 3.63) is 21.4 Å². The number of piperidine rings is 1. The minimum Gasteiger partial charge on any atom is -0.383 e. The lowest BCUT2D eigenvalue weighted by Gasteiger charge is -2.43. The van der Waals surface area contributed by atoms with E-state index < -0.39 is 0 Å². The molecule has 1 aromatic heterocycles. The molecule has 8 heteroatoms. The zero-order valence-corrected chi connectivity index (χ0v) is 16.2. The predicted octanol–water partition coefficient (Wildman–Crippen LogP) is 1.72. The molecule has 1 spiro atoms. The monoisotopic (exact) mass is 381 g/mol. The van der Waals surface area contributed by atoms with Gasteiger partial charge in [0.15, 0.2) is 0 Å². The normalized spacial score (nSPS) is 18.5. The number of likely N-dealkylation sites (tertiary alicyclic amines) is 1. The van der Waals surface area contributed by atoms with E-state index in [9.17, 15) is 9.59 Å². The number of fused-ring (bicyclic) bond motifs is 2. The number of rotatable bonds is 5. The lowest BCUT2D eigenvalue weighted by molar-refractivity contribution is -0.0916. The first kappa shape index (κ1) is 19.1. The Labute approximate surface area is 158 Å². The summed E-state index contributed by atoms with van der Waals surface area (Å²) in [5.74, 6) is -0.0589. The van der Waals surface area contributed by atoms with Crippen LogP contribution in [-0.2, 0) is 21.5 Å². The number of nitrogens with zero attached hydrogens (tertiary/aromatic N) is 1. The first-order valence-corrected chi connectivity index (χ1v) is 9.98. The van der Waals surface area contributed by atoms with Crippen LogP contribution in [0.5, 0.6) is 0 Å². The number of carbonyl (C=O) groups excluding carboxylic acids is 2. The van der Waals surface area contributed by atoms with Crippen molar-refractivity contribution >= 4 is 23.3 Å². The molecule has 1 saturated heterocycles. The fourth-order valence-corrected chi connectivity index (χ4v) is 4.78. The van der Waals surface area contributed by atoms with Gasteiger partial charge in [-0.15, -0.1) is 11.3 Å². The van der Waals surface area contributed by atoms with Gasteiger partial charge in [0.2, 0.25) is 0 Å². The van der Waals surface area contributed by atoms with E-state index in [0.717, 1.165) is 29.7 Å². The molecule has 1 aromatic rings. The summed E-state index contributed by atoms with van der Waals surface area (Å²) in [7, 11) is 1.62. The maximum absolute atomic E-state index is 12.4. The van der Waals surface area contributed by atoms with Crippen molar-refractivity contribution in [2.45, 2.75) is 31.8 Å². The van der Waals surface area contributed by atoms with Crippen molar-refractivity contribution in [2.24, 2.45) is 0 Å². The Hall–Kier alpha value is -1.64. The second kappa shape index (κ2) is 8.37. The first-order valence-electron chi connectivity index (χ1n) is 9.16. The van der Waals surface area contributed by atoms with Crippen LogP contribution in [0.1, 0.15) is 39.9 Å². The van der Waals surface area contributed by atoms with E-state index in [4.69, 9.17) is 9.47 Å². The molecule has 0 atom stereocenters. The molecule has 144 valence electrons. The quantitative estimate of drug-likeness (QED) is 0.761. The number of carbonyl (C=O) groups is 2. The molecule has 1 fully saturated rings. The maximum atomic E-state index is 12.4. The van der Waals surface area contributed by atoms with Crippen LogP contribution < -0.4 is 10.6 Å². The topological polar surface area (TPSA) is 79.9 Å². The van der Waals surface area contributed by atoms with E-state index in [1.54, 1.807) is 18.4 Å². The van der Waals surface area contributed by atoms with Gasteiger partial charge in [-0.05, 0) is 31.4 Å². The van der Waals surface area contributed by atoms with Gasteiger partial charge in [-0.3, -0.25) is 4.79 Å². The van der Waals surface area contributed by atoms with Gasteiger partial charge in [0, 0.05) is 44.6 Å². The lowest BCUT2D eigenvalue weighted by atomic mass is 9.82. The summed E-state index contributed by atoms with van der Waals surface area (Å²) in [6, 6.07) is 1.98. The third kappa shape index (κ3) is 3.87. The highest BCUT2D eigenvalue weighted by atomic mass is 32.1. The standard InChI is InChI=1S/C18H27N3O4S/c1-3-19-17(23)21-8-5-18(6-9-21)13-12-15(16(22)20-7-11-24-2)26-14(13)4-10-25-18/h12H,3-11H2,1-2H3,(H,19,23)(H,20,22). The molecule has 3 heterocycles. The second-order valence-corrected chi connectivity index (χ2v) is 7.75. The van der Waals surface area contributed by atoms with Crippen LogP contribution in [0.25, 0.3) is 0 Å². The van der Waals surface area contributed by atoms with Gasteiger partial charge in [-0.1, -0.05) is 0 Å². The Morgan fingerprint density at radius 1 is 1.35 bits per heavy atom. The summed E-state index contributed by atoms with van der Waals surface area (Å²) in [6.07, 6.45) is 2.37. The summed E-state index contributed by atoms with van der Waals surface area (Å²) in [4.78, 5) is 28.2. The second-order valence-electron chi connectivity index (χ2n) is 6.61. The number of methoxy groups -OCH3 is 1. The van der Waals surface area contributed by atoms with Crippen molar-refractivity contribution in [1.82, 2.24) is 15.5 Å². The number of urea groups is 1. The van der Waals surface area contributed by atoms with E-state index in [0.29, 0.717) is 39.4 Å². The van der Waals surface area contributed by atoms with Gasteiger partial charge in [0.1, 0.15) is 0 Å². The lowest BCUT2D eigenvalue weighted by Crippen LogP contribution is -2.50. The van der Waals surface area contributed by atoms with Gasteiger partial charge >= 0.3 is 6.03 Å². The molecule has 2 N–H and O–H groups in total. The van der Waals surface area contributed by atoms with Gasteiger partial charge in [-0.2, -0.15) is 0 Å². The number of hydrogen-bond donors (Lipinski definition) is 2. The van der Waals surface area contributed by atoms with Gasteiger partial charge in [0.25, 0.3) is 5.91 Å². The molecule has 0 bridgehead atoms. The van der Waals surface area contributed by atoms with Gasteiger partial charge in [0.05, 0.1) is 23.7 Å². The van der Waals surface area contributed by atoms with Crippen LogP contribution in [0.4, 0.5) is 4.79 Å². The Morgan fingerprint density at radius 2 is 2.12 bits per heavy atom. The SMILES string of the molecule is CCNC(=O)N1CCC2(CC1)OCCc1sc(C(=O)NCCOC)cc12. The van der Waals surface area contributed by atoms with Crippen LogP contribution in [0.15, 0.2) is 6.07 Å². The van der Waals surface area contributed by atoms with Crippen molar-refractivity contribution < 1.29 is 19.1 Å². The van der Waals surface area contributed by atoms with E-state index in [2.05, 4.69) is 10.6 Å². The molecule has 0 saturated carbocycles. The molecular weight excluding hydrogens is 354 g/mol. The molecule has 0 aliphatic carbocycles. The van der Waals surface area contributed by atoms with Crippen LogP contribution >= 0.6 is 11.3 Å². The highest BCUT2D eigenvalue weighted by Gasteiger charge is 2.43. The molecule has 26 heavy (non-hydrogen) atoms. The average molecular weight is 381 g/mol. The van der Waals surface area contributed by atoms with Crippen LogP contribution in [0, 0.1) is 0 Å². The van der Waals surface area contributed by atoms with Crippen molar-refractivity contribution in [2.75, 3.05) is 46.5 Å². The Kier molecular flexibility index (Phi) is 6.16. The number of hydrogen-bond acceptors (Lipinski definition) is 5. The smallest absolute Gasteiger partial charge is 0.317 e. The third-order valence-electron chi connectivity index (χ3n) is 5.01. The largest absolute Gasteiger partial charge is 0.383 e. The molecular formula is C18H27N3O4S. The van der Waals surface area contributed by atoms with Crippen molar-refractivity contribution in [3.63, 3.8) is 0 Å². The zero-order chi connectivity index (χ0) is 18.6. The fourth-order valence-electron chi connectivity index (χ4n) is 3.63. The molecule has 3 rings (SSSR count). The van der Waals surface area contributed by atoms with E-state index in [1.807, 2.05) is 17.9 Å². The number of nitrogens with one attached hydrogen (secondary N) is 2. The molecule has 7 nitrogen and oxygen atoms in total. The fraction of sp³-hybridized carbons (Fsp3) is 0.667. The van der Waals surface area contributed by atoms with Crippen molar-refractivity contribution in [1.29, 1.82) is 0 Å². The highest BCUT2D eigenvalue weighted by molar-refractivity contribution is 7.14. The van der Waals surface area contributed by atoms with Gasteiger partial charge < -0.3 is 25.0 Å². The molecule has 0 aromatic carbocycles. The predicted molar refractivity (Wildman–Crippen MR) is 99.7 cm³/mol. The number of ether oxygens (including phenoxy) is 2. The Morgan fingerprint density at radius 3 is 2.81 bits per heavy atom. The van der Waals surface area contributed by atoms with E-state index >= 15 is 0 Å². The minimum absolute atomic E-state index is 0.0121. The third-order valence-corrected chi connectivity index (χ3v) is 6.20. The molecule has 3 amide bonds. The van der Waals surface area contributed by atoms with Crippen molar-refractivity contribution in [3.8, 4) is 0 Å². The summed E-state index contributed by atoms with van der Waals surface area (Å²) in [6.45, 7) is 5.55. The Bertz CT molecular complexity index is 653. The minimum atomic E-state index is -0.363. The average Bonchev–Trinajstić information content (AvgIpc) is 3.09. The summed E-state index contributed by atoms with van der Waals surface area (Å²) < 4.78 is 11.2. The van der Waals surface area contributed by atoms with Gasteiger partial charge in [-0.25, -0.2) is 4.79 Å². The van der Waals surface area contributed by atoms with E-state index in [1.165, 1.54) is 4.88 Å². The van der Waals surface area contributed by atoms with Crippen LogP contribution in [-0.4, -0.2) is 63.3 Å². The molecule has 2 aliphatic rings. The highest BCUT2D eigenvalue weighted by Crippen LogP contribution is 2.44. The molecule has 0 unspecified atom stereocenters. The van der Waals surface area contributed by atoms with Crippen LogP contribution in [0.2, 0.25) is 0 Å². The number of amides is 3. The van der Waals surface area contributed by atoms with Crippen LogP contribution in [0.3, 0.4) is 0 Å². The van der Waals surface area contributed by atoms with E-state index in [-0.39, 0.29) is 17.5 Å². The summed E-state index contributed by atoms with van der Waals surface area (Å²) in [5, 5.41) is 5.74. The maximum Gasteiger partial charge on any atom is 0.317 e. The summed E-state index contributed by atoms with van der Waals surface area (Å²) >= 11 is 1.56. The molecule has 2 aliphatic heterocycles. The first-order chi connectivity index (χ1) is 12.6. The Balaban J connectivity index is 1.71. The number of thiophene rings is 1.